The average molecular weight is 259 g/mol. The number of aryl methyl sites for hydroxylation is 1. The summed E-state index contributed by atoms with van der Waals surface area (Å²) in [5, 5.41) is 7.90. The molecule has 19 heavy (non-hydrogen) atoms. The minimum absolute atomic E-state index is 0.371. The molecule has 1 atom stereocenters. The Morgan fingerprint density at radius 3 is 2.84 bits per heavy atom. The Morgan fingerprint density at radius 2 is 2.11 bits per heavy atom. The lowest BCUT2D eigenvalue weighted by molar-refractivity contribution is 0.327. The molecule has 0 aliphatic carbocycles. The number of nitrogens with one attached hydrogen (secondary N) is 1. The fourth-order valence-electron chi connectivity index (χ4n) is 2.72. The van der Waals surface area contributed by atoms with Gasteiger partial charge >= 0.3 is 0 Å². The van der Waals surface area contributed by atoms with Gasteiger partial charge in [-0.05, 0) is 51.9 Å². The quantitative estimate of drug-likeness (QED) is 0.911. The zero-order valence-corrected chi connectivity index (χ0v) is 11.6. The molecule has 102 valence electrons. The van der Waals surface area contributed by atoms with Crippen LogP contribution in [0.15, 0.2) is 18.2 Å². The predicted molar refractivity (Wildman–Crippen MR) is 76.5 cm³/mol. The van der Waals surface area contributed by atoms with Crippen LogP contribution in [0.25, 0.3) is 5.65 Å². The molecule has 1 saturated heterocycles. The largest absolute Gasteiger partial charge is 0.349 e. The van der Waals surface area contributed by atoms with Crippen LogP contribution in [-0.2, 0) is 0 Å². The maximum Gasteiger partial charge on any atom is 0.243 e. The molecule has 0 radical (unpaired) electrons. The van der Waals surface area contributed by atoms with Crippen molar-refractivity contribution < 1.29 is 0 Å². The van der Waals surface area contributed by atoms with E-state index in [0.717, 1.165) is 23.8 Å². The molecular weight excluding hydrogens is 238 g/mol. The lowest BCUT2D eigenvalue weighted by atomic mass is 10.3. The molecule has 2 aromatic heterocycles. The molecule has 5 heteroatoms. The number of likely N-dealkylation sites (tertiary alicyclic amines) is 1. The summed E-state index contributed by atoms with van der Waals surface area (Å²) in [6.07, 6.45) is 2.66. The molecule has 1 aliphatic heterocycles. The molecule has 1 N–H and O–H groups in total. The van der Waals surface area contributed by atoms with Crippen LogP contribution in [-0.4, -0.2) is 45.2 Å². The molecule has 1 fully saturated rings. The molecule has 2 aromatic rings. The number of aromatic nitrogens is 3. The van der Waals surface area contributed by atoms with E-state index in [4.69, 9.17) is 0 Å². The number of pyridine rings is 1. The molecular formula is C14H21N5. The van der Waals surface area contributed by atoms with Crippen LogP contribution in [0, 0.1) is 6.92 Å². The number of hydrogen-bond acceptors (Lipinski definition) is 4. The van der Waals surface area contributed by atoms with Crippen LogP contribution >= 0.6 is 0 Å². The molecule has 0 amide bonds. The van der Waals surface area contributed by atoms with Crippen LogP contribution in [0.5, 0.6) is 0 Å². The van der Waals surface area contributed by atoms with Crippen LogP contribution < -0.4 is 5.32 Å². The second kappa shape index (κ2) is 5.17. The first kappa shape index (κ1) is 12.4. The van der Waals surface area contributed by atoms with E-state index in [0.29, 0.717) is 6.04 Å². The number of anilines is 1. The minimum atomic E-state index is 0.371. The molecule has 1 aliphatic rings. The van der Waals surface area contributed by atoms with E-state index in [1.54, 1.807) is 0 Å². The Kier molecular flexibility index (Phi) is 3.38. The van der Waals surface area contributed by atoms with Gasteiger partial charge < -0.3 is 10.2 Å². The van der Waals surface area contributed by atoms with Crippen molar-refractivity contribution in [2.24, 2.45) is 0 Å². The summed E-state index contributed by atoms with van der Waals surface area (Å²) < 4.78 is 1.88. The Labute approximate surface area is 113 Å². The van der Waals surface area contributed by atoms with E-state index < -0.39 is 0 Å². The number of fused-ring (bicyclic) bond motifs is 1. The Hall–Kier alpha value is -1.62. The van der Waals surface area contributed by atoms with Crippen LogP contribution in [0.3, 0.4) is 0 Å². The molecule has 3 heterocycles. The summed E-state index contributed by atoms with van der Waals surface area (Å²) >= 11 is 0. The Morgan fingerprint density at radius 1 is 1.32 bits per heavy atom. The second-order valence-corrected chi connectivity index (χ2v) is 5.43. The molecule has 0 spiro atoms. The van der Waals surface area contributed by atoms with Gasteiger partial charge in [-0.1, -0.05) is 6.07 Å². The van der Waals surface area contributed by atoms with Crippen molar-refractivity contribution >= 4 is 11.6 Å². The standard InChI is InChI=1S/C14H21N5/c1-11(10-18-8-3-4-9-18)15-14-16-13-7-5-6-12(2)19(13)17-14/h5-7,11H,3-4,8-10H2,1-2H3,(H,15,17). The zero-order valence-electron chi connectivity index (χ0n) is 11.6. The second-order valence-electron chi connectivity index (χ2n) is 5.43. The number of hydrogen-bond donors (Lipinski definition) is 1. The number of rotatable bonds is 4. The minimum Gasteiger partial charge on any atom is -0.349 e. The topological polar surface area (TPSA) is 45.5 Å². The first-order valence-electron chi connectivity index (χ1n) is 7.04. The number of nitrogens with zero attached hydrogens (tertiary/aromatic N) is 4. The smallest absolute Gasteiger partial charge is 0.243 e. The van der Waals surface area contributed by atoms with Crippen molar-refractivity contribution in [1.82, 2.24) is 19.5 Å². The van der Waals surface area contributed by atoms with E-state index in [2.05, 4.69) is 27.2 Å². The van der Waals surface area contributed by atoms with Crippen LogP contribution in [0.2, 0.25) is 0 Å². The summed E-state index contributed by atoms with van der Waals surface area (Å²) in [6.45, 7) is 7.75. The van der Waals surface area contributed by atoms with Gasteiger partial charge in [0, 0.05) is 18.3 Å². The lowest BCUT2D eigenvalue weighted by Crippen LogP contribution is -2.33. The van der Waals surface area contributed by atoms with Gasteiger partial charge in [-0.3, -0.25) is 0 Å². The highest BCUT2D eigenvalue weighted by Crippen LogP contribution is 2.11. The van der Waals surface area contributed by atoms with Crippen LogP contribution in [0.4, 0.5) is 5.95 Å². The van der Waals surface area contributed by atoms with Crippen LogP contribution in [0.1, 0.15) is 25.5 Å². The van der Waals surface area contributed by atoms with E-state index in [1.165, 1.54) is 25.9 Å². The van der Waals surface area contributed by atoms with Crippen molar-refractivity contribution in [2.75, 3.05) is 25.0 Å². The third-order valence-corrected chi connectivity index (χ3v) is 3.66. The van der Waals surface area contributed by atoms with Gasteiger partial charge in [-0.25, -0.2) is 4.52 Å². The first-order chi connectivity index (χ1) is 9.22. The summed E-state index contributed by atoms with van der Waals surface area (Å²) in [5.41, 5.74) is 2.00. The van der Waals surface area contributed by atoms with E-state index in [1.807, 2.05) is 29.6 Å². The summed E-state index contributed by atoms with van der Waals surface area (Å²) in [5.74, 6) is 0.723. The maximum absolute atomic E-state index is 4.51. The van der Waals surface area contributed by atoms with Crippen molar-refractivity contribution in [1.29, 1.82) is 0 Å². The van der Waals surface area contributed by atoms with Gasteiger partial charge in [-0.15, -0.1) is 5.10 Å². The highest BCUT2D eigenvalue weighted by Gasteiger charge is 2.15. The third kappa shape index (κ3) is 2.71. The Bertz CT molecular complexity index is 556. The highest BCUT2D eigenvalue weighted by atomic mass is 15.4. The molecule has 3 rings (SSSR count). The van der Waals surface area contributed by atoms with Crippen molar-refractivity contribution in [3.05, 3.63) is 23.9 Å². The Balaban J connectivity index is 1.68. The van der Waals surface area contributed by atoms with Gasteiger partial charge in [-0.2, -0.15) is 4.98 Å². The molecule has 0 aromatic carbocycles. The molecule has 1 unspecified atom stereocenters. The SMILES string of the molecule is Cc1cccc2nc(NC(C)CN3CCCC3)nn12. The summed E-state index contributed by atoms with van der Waals surface area (Å²) in [6, 6.07) is 6.41. The van der Waals surface area contributed by atoms with Gasteiger partial charge in [0.25, 0.3) is 0 Å². The highest BCUT2D eigenvalue weighted by molar-refractivity contribution is 5.44. The predicted octanol–water partition coefficient (Wildman–Crippen LogP) is 1.93. The van der Waals surface area contributed by atoms with Crippen molar-refractivity contribution in [2.45, 2.75) is 32.7 Å². The van der Waals surface area contributed by atoms with Crippen molar-refractivity contribution in [3.63, 3.8) is 0 Å². The molecule has 0 bridgehead atoms. The fourth-order valence-corrected chi connectivity index (χ4v) is 2.72. The normalized spacial score (nSPS) is 18.0. The van der Waals surface area contributed by atoms with E-state index in [9.17, 15) is 0 Å². The van der Waals surface area contributed by atoms with Gasteiger partial charge in [0.15, 0.2) is 5.65 Å². The molecule has 0 saturated carbocycles. The monoisotopic (exact) mass is 259 g/mol. The van der Waals surface area contributed by atoms with Gasteiger partial charge in [0.2, 0.25) is 5.95 Å². The average Bonchev–Trinajstić information content (AvgIpc) is 2.98. The van der Waals surface area contributed by atoms with E-state index >= 15 is 0 Å². The summed E-state index contributed by atoms with van der Waals surface area (Å²) in [4.78, 5) is 7.01. The molecule has 5 nitrogen and oxygen atoms in total. The van der Waals surface area contributed by atoms with Gasteiger partial charge in [0.1, 0.15) is 0 Å². The van der Waals surface area contributed by atoms with Crippen molar-refractivity contribution in [3.8, 4) is 0 Å². The zero-order chi connectivity index (χ0) is 13.2. The van der Waals surface area contributed by atoms with Gasteiger partial charge in [0.05, 0.1) is 0 Å². The summed E-state index contributed by atoms with van der Waals surface area (Å²) in [7, 11) is 0. The fraction of sp³-hybridized carbons (Fsp3) is 0.571. The lowest BCUT2D eigenvalue weighted by Gasteiger charge is -2.20. The van der Waals surface area contributed by atoms with E-state index in [-0.39, 0.29) is 0 Å². The maximum atomic E-state index is 4.51. The third-order valence-electron chi connectivity index (χ3n) is 3.66. The first-order valence-corrected chi connectivity index (χ1v) is 7.04.